The SMILES string of the molecule is COC(=O)c1cc(F)c(F)cc1NC(=O)OCc1ccc([N+](=O)[O-])c(OC)c1. The van der Waals surface area contributed by atoms with Crippen LogP contribution in [0.1, 0.15) is 15.9 Å². The van der Waals surface area contributed by atoms with E-state index in [2.05, 4.69) is 10.1 Å². The van der Waals surface area contributed by atoms with Gasteiger partial charge in [-0.15, -0.1) is 0 Å². The maximum absolute atomic E-state index is 13.4. The molecule has 0 aliphatic carbocycles. The number of carbonyl (C=O) groups excluding carboxylic acids is 2. The van der Waals surface area contributed by atoms with Crippen molar-refractivity contribution in [3.8, 4) is 5.75 Å². The van der Waals surface area contributed by atoms with Gasteiger partial charge < -0.3 is 14.2 Å². The van der Waals surface area contributed by atoms with Gasteiger partial charge in [-0.3, -0.25) is 15.4 Å². The van der Waals surface area contributed by atoms with Crippen molar-refractivity contribution in [3.05, 3.63) is 63.2 Å². The first-order valence-electron chi connectivity index (χ1n) is 7.59. The van der Waals surface area contributed by atoms with Gasteiger partial charge >= 0.3 is 17.7 Å². The minimum absolute atomic E-state index is 0.0277. The number of hydrogen-bond acceptors (Lipinski definition) is 7. The lowest BCUT2D eigenvalue weighted by Crippen LogP contribution is -2.17. The van der Waals surface area contributed by atoms with Crippen molar-refractivity contribution >= 4 is 23.4 Å². The third-order valence-electron chi connectivity index (χ3n) is 3.51. The Labute approximate surface area is 157 Å². The van der Waals surface area contributed by atoms with E-state index in [0.29, 0.717) is 17.7 Å². The molecular formula is C17H14F2N2O7. The number of nitro benzene ring substituents is 1. The number of methoxy groups -OCH3 is 2. The molecule has 0 aliphatic rings. The van der Waals surface area contributed by atoms with Crippen LogP contribution in [-0.2, 0) is 16.1 Å². The lowest BCUT2D eigenvalue weighted by atomic mass is 10.1. The molecule has 0 fully saturated rings. The summed E-state index contributed by atoms with van der Waals surface area (Å²) in [6.07, 6.45) is -1.08. The fourth-order valence-corrected chi connectivity index (χ4v) is 2.19. The lowest BCUT2D eigenvalue weighted by molar-refractivity contribution is -0.385. The molecule has 2 rings (SSSR count). The lowest BCUT2D eigenvalue weighted by Gasteiger charge is -2.11. The fourth-order valence-electron chi connectivity index (χ4n) is 2.19. The topological polar surface area (TPSA) is 117 Å². The third-order valence-corrected chi connectivity index (χ3v) is 3.51. The number of benzene rings is 2. The number of halogens is 2. The van der Waals surface area contributed by atoms with Crippen LogP contribution in [0.3, 0.4) is 0 Å². The fraction of sp³-hybridized carbons (Fsp3) is 0.176. The molecule has 0 heterocycles. The number of ether oxygens (including phenoxy) is 3. The molecule has 0 radical (unpaired) electrons. The van der Waals surface area contributed by atoms with Crippen LogP contribution in [0.25, 0.3) is 0 Å². The van der Waals surface area contributed by atoms with Crippen molar-refractivity contribution in [3.63, 3.8) is 0 Å². The highest BCUT2D eigenvalue weighted by Crippen LogP contribution is 2.28. The van der Waals surface area contributed by atoms with E-state index in [-0.39, 0.29) is 23.7 Å². The second-order valence-electron chi connectivity index (χ2n) is 5.27. The van der Waals surface area contributed by atoms with Gasteiger partial charge in [-0.05, 0) is 23.8 Å². The summed E-state index contributed by atoms with van der Waals surface area (Å²) in [7, 11) is 2.28. The molecule has 148 valence electrons. The van der Waals surface area contributed by atoms with Gasteiger partial charge in [0.15, 0.2) is 17.4 Å². The first kappa shape index (κ1) is 20.6. The van der Waals surface area contributed by atoms with Crippen LogP contribution >= 0.6 is 0 Å². The van der Waals surface area contributed by atoms with E-state index in [0.717, 1.165) is 7.11 Å². The molecule has 2 aromatic carbocycles. The number of carbonyl (C=O) groups is 2. The Morgan fingerprint density at radius 1 is 1.14 bits per heavy atom. The van der Waals surface area contributed by atoms with E-state index in [1.54, 1.807) is 0 Å². The predicted molar refractivity (Wildman–Crippen MR) is 91.2 cm³/mol. The average molecular weight is 396 g/mol. The molecule has 0 aliphatic heterocycles. The highest BCUT2D eigenvalue weighted by Gasteiger charge is 2.19. The molecule has 2 aromatic rings. The number of nitrogens with zero attached hydrogens (tertiary/aromatic N) is 1. The number of nitrogens with one attached hydrogen (secondary N) is 1. The largest absolute Gasteiger partial charge is 0.490 e. The Balaban J connectivity index is 2.12. The quantitative estimate of drug-likeness (QED) is 0.452. The molecule has 9 nitrogen and oxygen atoms in total. The molecule has 1 amide bonds. The molecule has 0 spiro atoms. The van der Waals surface area contributed by atoms with Crippen LogP contribution in [0.2, 0.25) is 0 Å². The zero-order valence-corrected chi connectivity index (χ0v) is 14.7. The van der Waals surface area contributed by atoms with Crippen molar-refractivity contribution in [2.75, 3.05) is 19.5 Å². The Hall–Kier alpha value is -3.76. The summed E-state index contributed by atoms with van der Waals surface area (Å²) in [6.45, 7) is -0.308. The summed E-state index contributed by atoms with van der Waals surface area (Å²) in [5.41, 5.74) is -0.649. The first-order valence-corrected chi connectivity index (χ1v) is 7.59. The number of hydrogen-bond donors (Lipinski definition) is 1. The van der Waals surface area contributed by atoms with Crippen LogP contribution in [0, 0.1) is 21.7 Å². The van der Waals surface area contributed by atoms with E-state index in [1.807, 2.05) is 0 Å². The number of nitro groups is 1. The van der Waals surface area contributed by atoms with Gasteiger partial charge in [0.25, 0.3) is 0 Å². The molecule has 0 atom stereocenters. The van der Waals surface area contributed by atoms with E-state index >= 15 is 0 Å². The number of anilines is 1. The predicted octanol–water partition coefficient (Wildman–Crippen LogP) is 3.42. The van der Waals surface area contributed by atoms with Crippen LogP contribution < -0.4 is 10.1 Å². The molecular weight excluding hydrogens is 382 g/mol. The van der Waals surface area contributed by atoms with Gasteiger partial charge in [0.1, 0.15) is 6.61 Å². The van der Waals surface area contributed by atoms with Crippen LogP contribution in [0.5, 0.6) is 5.75 Å². The highest BCUT2D eigenvalue weighted by atomic mass is 19.2. The van der Waals surface area contributed by atoms with E-state index in [9.17, 15) is 28.5 Å². The van der Waals surface area contributed by atoms with Crippen LogP contribution in [0.4, 0.5) is 25.0 Å². The second kappa shape index (κ2) is 8.75. The maximum Gasteiger partial charge on any atom is 0.411 e. The van der Waals surface area contributed by atoms with Gasteiger partial charge in [0.2, 0.25) is 0 Å². The minimum atomic E-state index is -1.29. The van der Waals surface area contributed by atoms with Gasteiger partial charge in [-0.25, -0.2) is 18.4 Å². The monoisotopic (exact) mass is 396 g/mol. The number of rotatable bonds is 6. The highest BCUT2D eigenvalue weighted by molar-refractivity contribution is 5.99. The van der Waals surface area contributed by atoms with E-state index in [1.165, 1.54) is 25.3 Å². The summed E-state index contributed by atoms with van der Waals surface area (Å²) < 4.78 is 41.0. The van der Waals surface area contributed by atoms with E-state index < -0.39 is 34.2 Å². The number of esters is 1. The summed E-state index contributed by atoms with van der Waals surface area (Å²) >= 11 is 0. The minimum Gasteiger partial charge on any atom is -0.490 e. The van der Waals surface area contributed by atoms with Crippen LogP contribution in [-0.4, -0.2) is 31.2 Å². The van der Waals surface area contributed by atoms with Crippen molar-refractivity contribution in [1.29, 1.82) is 0 Å². The summed E-state index contributed by atoms with van der Waals surface area (Å²) in [5, 5.41) is 13.0. The van der Waals surface area contributed by atoms with Gasteiger partial charge in [-0.2, -0.15) is 0 Å². The third kappa shape index (κ3) is 4.69. The first-order chi connectivity index (χ1) is 13.3. The molecule has 0 aromatic heterocycles. The van der Waals surface area contributed by atoms with Crippen molar-refractivity contribution in [2.45, 2.75) is 6.61 Å². The second-order valence-corrected chi connectivity index (χ2v) is 5.27. The summed E-state index contributed by atoms with van der Waals surface area (Å²) in [6, 6.07) is 5.03. The smallest absolute Gasteiger partial charge is 0.411 e. The van der Waals surface area contributed by atoms with Crippen molar-refractivity contribution < 1.29 is 37.5 Å². The molecule has 0 bridgehead atoms. The standard InChI is InChI=1S/C17H14F2N2O7/c1-26-15-5-9(3-4-14(15)21(24)25)8-28-17(23)20-13-7-12(19)11(18)6-10(13)16(22)27-2/h3-7H,8H2,1-2H3,(H,20,23). The Kier molecular flexibility index (Phi) is 6.42. The number of amides is 1. The Bertz CT molecular complexity index is 934. The Morgan fingerprint density at radius 3 is 2.43 bits per heavy atom. The normalized spacial score (nSPS) is 10.1. The average Bonchev–Trinajstić information content (AvgIpc) is 2.67. The summed E-state index contributed by atoms with van der Waals surface area (Å²) in [4.78, 5) is 33.8. The molecule has 28 heavy (non-hydrogen) atoms. The molecule has 0 saturated carbocycles. The zero-order chi connectivity index (χ0) is 20.8. The maximum atomic E-state index is 13.4. The zero-order valence-electron chi connectivity index (χ0n) is 14.7. The van der Waals surface area contributed by atoms with Crippen LogP contribution in [0.15, 0.2) is 30.3 Å². The van der Waals surface area contributed by atoms with E-state index in [4.69, 9.17) is 9.47 Å². The summed E-state index contributed by atoms with van der Waals surface area (Å²) in [5.74, 6) is -3.60. The molecule has 1 N–H and O–H groups in total. The van der Waals surface area contributed by atoms with Gasteiger partial charge in [-0.1, -0.05) is 0 Å². The van der Waals surface area contributed by atoms with Crippen molar-refractivity contribution in [1.82, 2.24) is 0 Å². The Morgan fingerprint density at radius 2 is 1.82 bits per heavy atom. The molecule has 0 unspecified atom stereocenters. The van der Waals surface area contributed by atoms with Gasteiger partial charge in [0.05, 0.1) is 30.4 Å². The van der Waals surface area contributed by atoms with Crippen molar-refractivity contribution in [2.24, 2.45) is 0 Å². The molecule has 11 heteroatoms. The van der Waals surface area contributed by atoms with Gasteiger partial charge in [0, 0.05) is 12.1 Å². The molecule has 0 saturated heterocycles.